The van der Waals surface area contributed by atoms with Gasteiger partial charge in [0.1, 0.15) is 11.9 Å². The van der Waals surface area contributed by atoms with E-state index < -0.39 is 10.0 Å². The van der Waals surface area contributed by atoms with Crippen LogP contribution in [0.2, 0.25) is 0 Å². The number of carbonyl (C=O) groups excluding carboxylic acids is 1. The summed E-state index contributed by atoms with van der Waals surface area (Å²) in [7, 11) is -1.79. The monoisotopic (exact) mass is 459 g/mol. The average Bonchev–Trinajstić information content (AvgIpc) is 2.78. The smallest absolute Gasteiger partial charge is 0.249 e. The quantitative estimate of drug-likeness (QED) is 0.684. The lowest BCUT2D eigenvalue weighted by atomic mass is 10.0. The largest absolute Gasteiger partial charge is 0.381 e. The molecule has 2 aliphatic heterocycles. The Morgan fingerprint density at radius 1 is 1.19 bits per heavy atom. The minimum absolute atomic E-state index is 0.0350. The first kappa shape index (κ1) is 22.5. The Morgan fingerprint density at radius 2 is 1.94 bits per heavy atom. The highest BCUT2D eigenvalue weighted by Crippen LogP contribution is 2.38. The van der Waals surface area contributed by atoms with Crippen LogP contribution in [-0.4, -0.2) is 58.2 Å². The van der Waals surface area contributed by atoms with E-state index in [4.69, 9.17) is 9.72 Å². The van der Waals surface area contributed by atoms with Gasteiger partial charge in [0, 0.05) is 38.5 Å². The van der Waals surface area contributed by atoms with Crippen molar-refractivity contribution in [1.29, 1.82) is 0 Å². The van der Waals surface area contributed by atoms with Gasteiger partial charge in [-0.3, -0.25) is 4.79 Å². The SMILES string of the molecule is CCNS(=O)(=O)c1cccc(Nc2ccc3c(n2)N(C2CCOCC2)[C@H](C)C(=O)N3C)c1. The summed E-state index contributed by atoms with van der Waals surface area (Å²) < 4.78 is 32.7. The van der Waals surface area contributed by atoms with Crippen molar-refractivity contribution in [3.05, 3.63) is 36.4 Å². The Hall–Kier alpha value is -2.69. The predicted molar refractivity (Wildman–Crippen MR) is 124 cm³/mol. The highest BCUT2D eigenvalue weighted by atomic mass is 32.2. The molecule has 1 saturated heterocycles. The maximum atomic E-state index is 12.8. The second kappa shape index (κ2) is 9.05. The van der Waals surface area contributed by atoms with E-state index >= 15 is 0 Å². The molecular weight excluding hydrogens is 430 g/mol. The zero-order valence-corrected chi connectivity index (χ0v) is 19.4. The van der Waals surface area contributed by atoms with Crippen molar-refractivity contribution in [3.8, 4) is 0 Å². The van der Waals surface area contributed by atoms with Gasteiger partial charge in [0.2, 0.25) is 15.9 Å². The van der Waals surface area contributed by atoms with Crippen LogP contribution in [0, 0.1) is 0 Å². The summed E-state index contributed by atoms with van der Waals surface area (Å²) in [5, 5.41) is 3.21. The number of nitrogens with one attached hydrogen (secondary N) is 2. The van der Waals surface area contributed by atoms with E-state index in [0.717, 1.165) is 24.3 Å². The zero-order valence-electron chi connectivity index (χ0n) is 18.5. The van der Waals surface area contributed by atoms with E-state index in [-0.39, 0.29) is 22.9 Å². The maximum Gasteiger partial charge on any atom is 0.249 e. The van der Waals surface area contributed by atoms with Gasteiger partial charge in [-0.25, -0.2) is 18.1 Å². The summed E-state index contributed by atoms with van der Waals surface area (Å²) in [6, 6.07) is 10.1. The van der Waals surface area contributed by atoms with E-state index in [2.05, 4.69) is 14.9 Å². The first-order valence-electron chi connectivity index (χ1n) is 10.8. The van der Waals surface area contributed by atoms with E-state index in [1.165, 1.54) is 0 Å². The number of likely N-dealkylation sites (N-methyl/N-ethyl adjacent to an activating group) is 1. The molecule has 0 bridgehead atoms. The molecule has 3 heterocycles. The molecule has 0 spiro atoms. The van der Waals surface area contributed by atoms with Crippen molar-refractivity contribution in [3.63, 3.8) is 0 Å². The molecule has 0 saturated carbocycles. The minimum atomic E-state index is -3.56. The van der Waals surface area contributed by atoms with E-state index in [1.807, 2.05) is 13.0 Å². The molecule has 0 unspecified atom stereocenters. The number of pyridine rings is 1. The number of benzene rings is 1. The number of amides is 1. The van der Waals surface area contributed by atoms with Crippen molar-refractivity contribution in [2.24, 2.45) is 0 Å². The summed E-state index contributed by atoms with van der Waals surface area (Å²) in [5.41, 5.74) is 1.37. The van der Waals surface area contributed by atoms with Crippen LogP contribution in [0.1, 0.15) is 26.7 Å². The molecule has 32 heavy (non-hydrogen) atoms. The van der Waals surface area contributed by atoms with Gasteiger partial charge < -0.3 is 19.9 Å². The fourth-order valence-electron chi connectivity index (χ4n) is 4.28. The van der Waals surface area contributed by atoms with E-state index in [1.54, 1.807) is 49.2 Å². The highest BCUT2D eigenvalue weighted by molar-refractivity contribution is 7.89. The number of ether oxygens (including phenoxy) is 1. The zero-order chi connectivity index (χ0) is 22.9. The molecule has 172 valence electrons. The number of carbonyl (C=O) groups is 1. The summed E-state index contributed by atoms with van der Waals surface area (Å²) in [4.78, 5) is 21.6. The number of hydrogen-bond donors (Lipinski definition) is 2. The number of nitrogens with zero attached hydrogens (tertiary/aromatic N) is 3. The van der Waals surface area contributed by atoms with Crippen molar-refractivity contribution in [2.45, 2.75) is 43.7 Å². The van der Waals surface area contributed by atoms with Crippen LogP contribution >= 0.6 is 0 Å². The number of hydrogen-bond acceptors (Lipinski definition) is 7. The molecule has 0 aliphatic carbocycles. The third-order valence-corrected chi connectivity index (χ3v) is 7.44. The molecule has 1 aromatic heterocycles. The summed E-state index contributed by atoms with van der Waals surface area (Å²) in [5.74, 6) is 1.36. The number of sulfonamides is 1. The molecule has 4 rings (SSSR count). The third kappa shape index (κ3) is 4.30. The molecule has 9 nitrogen and oxygen atoms in total. The van der Waals surface area contributed by atoms with Gasteiger partial charge in [-0.15, -0.1) is 0 Å². The Morgan fingerprint density at radius 3 is 2.66 bits per heavy atom. The van der Waals surface area contributed by atoms with Crippen LogP contribution in [-0.2, 0) is 19.6 Å². The van der Waals surface area contributed by atoms with Crippen molar-refractivity contribution in [2.75, 3.05) is 41.9 Å². The molecule has 1 atom stereocenters. The summed E-state index contributed by atoms with van der Waals surface area (Å²) in [6.07, 6.45) is 1.68. The molecule has 2 aliphatic rings. The molecule has 2 N–H and O–H groups in total. The third-order valence-electron chi connectivity index (χ3n) is 5.90. The Labute approximate surface area is 188 Å². The standard InChI is InChI=1S/C22H29N5O4S/c1-4-23-32(29,30)18-7-5-6-16(14-18)24-20-9-8-19-21(25-20)27(15(2)22(28)26(19)3)17-10-12-31-13-11-17/h5-9,14-15,17,23H,4,10-13H2,1-3H3,(H,24,25)/t15-/m1/s1. The van der Waals surface area contributed by atoms with E-state index in [9.17, 15) is 13.2 Å². The number of aromatic nitrogens is 1. The molecule has 10 heteroatoms. The van der Waals surface area contributed by atoms with Crippen molar-refractivity contribution >= 4 is 38.9 Å². The first-order chi connectivity index (χ1) is 15.3. The number of fused-ring (bicyclic) bond motifs is 1. The van der Waals surface area contributed by atoms with Crippen LogP contribution in [0.3, 0.4) is 0 Å². The second-order valence-electron chi connectivity index (χ2n) is 8.02. The normalized spacial score (nSPS) is 19.7. The molecule has 1 aromatic carbocycles. The minimum Gasteiger partial charge on any atom is -0.381 e. The Bertz CT molecular complexity index is 1100. The van der Waals surface area contributed by atoms with Gasteiger partial charge >= 0.3 is 0 Å². The molecular formula is C22H29N5O4S. The van der Waals surface area contributed by atoms with Crippen LogP contribution < -0.4 is 19.8 Å². The van der Waals surface area contributed by atoms with E-state index in [0.29, 0.717) is 31.3 Å². The van der Waals surface area contributed by atoms with Gasteiger partial charge in [0.25, 0.3) is 0 Å². The molecule has 2 aromatic rings. The van der Waals surface area contributed by atoms with Crippen LogP contribution in [0.25, 0.3) is 0 Å². The van der Waals surface area contributed by atoms with Crippen molar-refractivity contribution < 1.29 is 17.9 Å². The lowest BCUT2D eigenvalue weighted by Crippen LogP contribution is -2.56. The fraction of sp³-hybridized carbons (Fsp3) is 0.455. The number of rotatable bonds is 6. The predicted octanol–water partition coefficient (Wildman–Crippen LogP) is 2.47. The Balaban J connectivity index is 1.67. The fourth-order valence-corrected chi connectivity index (χ4v) is 5.37. The lowest BCUT2D eigenvalue weighted by molar-refractivity contribution is -0.119. The van der Waals surface area contributed by atoms with Crippen molar-refractivity contribution in [1.82, 2.24) is 9.71 Å². The summed E-state index contributed by atoms with van der Waals surface area (Å²) in [6.45, 7) is 5.30. The van der Waals surface area contributed by atoms with Crippen LogP contribution in [0.4, 0.5) is 23.0 Å². The van der Waals surface area contributed by atoms with Crippen LogP contribution in [0.5, 0.6) is 0 Å². The van der Waals surface area contributed by atoms with Gasteiger partial charge in [-0.05, 0) is 50.1 Å². The molecule has 1 fully saturated rings. The van der Waals surface area contributed by atoms with Gasteiger partial charge in [0.05, 0.1) is 10.6 Å². The highest BCUT2D eigenvalue weighted by Gasteiger charge is 2.39. The summed E-state index contributed by atoms with van der Waals surface area (Å²) >= 11 is 0. The van der Waals surface area contributed by atoms with Gasteiger partial charge in [-0.1, -0.05) is 13.0 Å². The second-order valence-corrected chi connectivity index (χ2v) is 9.78. The maximum absolute atomic E-state index is 12.8. The van der Waals surface area contributed by atoms with Gasteiger partial charge in [-0.2, -0.15) is 0 Å². The molecule has 1 amide bonds. The average molecular weight is 460 g/mol. The van der Waals surface area contributed by atoms with Crippen LogP contribution in [0.15, 0.2) is 41.3 Å². The topological polar surface area (TPSA) is 104 Å². The lowest BCUT2D eigenvalue weighted by Gasteiger charge is -2.44. The first-order valence-corrected chi connectivity index (χ1v) is 12.3. The van der Waals surface area contributed by atoms with Gasteiger partial charge in [0.15, 0.2) is 5.82 Å². The molecule has 0 radical (unpaired) electrons. The number of anilines is 4. The Kier molecular flexibility index (Phi) is 6.36.